The molecule has 1 aliphatic rings. The summed E-state index contributed by atoms with van der Waals surface area (Å²) in [5.74, 6) is 0.162. The molecule has 2 aromatic carbocycles. The van der Waals surface area contributed by atoms with Crippen molar-refractivity contribution in [3.63, 3.8) is 0 Å². The highest BCUT2D eigenvalue weighted by molar-refractivity contribution is 7.97. The fourth-order valence-electron chi connectivity index (χ4n) is 2.00. The summed E-state index contributed by atoms with van der Waals surface area (Å²) < 4.78 is 1.25. The second kappa shape index (κ2) is 4.90. The van der Waals surface area contributed by atoms with Crippen molar-refractivity contribution < 1.29 is 9.59 Å². The Morgan fingerprint density at radius 2 is 1.32 bits per heavy atom. The van der Waals surface area contributed by atoms with Crippen LogP contribution in [-0.4, -0.2) is 16.1 Å². The molecule has 0 N–H and O–H groups in total. The topological polar surface area (TPSA) is 37.4 Å². The van der Waals surface area contributed by atoms with Gasteiger partial charge in [-0.25, -0.2) is 4.31 Å². The maximum Gasteiger partial charge on any atom is 0.271 e. The zero-order valence-electron chi connectivity index (χ0n) is 10.1. The van der Waals surface area contributed by atoms with Crippen LogP contribution < -0.4 is 0 Å². The third kappa shape index (κ3) is 2.15. The molecule has 19 heavy (non-hydrogen) atoms. The Morgan fingerprint density at radius 3 is 1.89 bits per heavy atom. The summed E-state index contributed by atoms with van der Waals surface area (Å²) in [4.78, 5) is 24.2. The minimum atomic E-state index is -0.221. The maximum atomic E-state index is 12.1. The molecule has 0 unspecified atom stereocenters. The molecule has 0 spiro atoms. The van der Waals surface area contributed by atoms with Gasteiger partial charge in [-0.1, -0.05) is 42.5 Å². The smallest absolute Gasteiger partial charge is 0.268 e. The summed E-state index contributed by atoms with van der Waals surface area (Å²) in [5.41, 5.74) is 2.07. The van der Waals surface area contributed by atoms with Gasteiger partial charge in [0.05, 0.1) is 11.1 Å². The molecule has 94 valence electrons. The Hall–Kier alpha value is -2.07. The van der Waals surface area contributed by atoms with Gasteiger partial charge < -0.3 is 0 Å². The normalized spacial score (nSPS) is 13.8. The van der Waals surface area contributed by atoms with Crippen LogP contribution in [0.5, 0.6) is 0 Å². The van der Waals surface area contributed by atoms with E-state index < -0.39 is 0 Å². The van der Waals surface area contributed by atoms with Gasteiger partial charge in [0, 0.05) is 5.75 Å². The van der Waals surface area contributed by atoms with Gasteiger partial charge in [-0.15, -0.1) is 0 Å². The lowest BCUT2D eigenvalue weighted by molar-refractivity contribution is 0.0777. The second-order valence-electron chi connectivity index (χ2n) is 4.21. The van der Waals surface area contributed by atoms with E-state index in [4.69, 9.17) is 0 Å². The average molecular weight is 269 g/mol. The van der Waals surface area contributed by atoms with E-state index in [2.05, 4.69) is 0 Å². The molecule has 4 heteroatoms. The molecule has 0 atom stereocenters. The molecular formula is C15H11NO2S. The van der Waals surface area contributed by atoms with Crippen LogP contribution in [0.25, 0.3) is 0 Å². The van der Waals surface area contributed by atoms with Crippen molar-refractivity contribution in [1.29, 1.82) is 0 Å². The van der Waals surface area contributed by atoms with E-state index in [0.717, 1.165) is 5.56 Å². The van der Waals surface area contributed by atoms with Crippen molar-refractivity contribution in [2.75, 3.05) is 0 Å². The summed E-state index contributed by atoms with van der Waals surface area (Å²) in [7, 11) is 0. The number of benzene rings is 2. The molecule has 3 nitrogen and oxygen atoms in total. The molecule has 0 aliphatic carbocycles. The molecule has 3 rings (SSSR count). The summed E-state index contributed by atoms with van der Waals surface area (Å²) >= 11 is 1.24. The largest absolute Gasteiger partial charge is 0.271 e. The van der Waals surface area contributed by atoms with Crippen molar-refractivity contribution in [3.8, 4) is 0 Å². The van der Waals surface area contributed by atoms with Crippen LogP contribution in [0.3, 0.4) is 0 Å². The Morgan fingerprint density at radius 1 is 0.789 bits per heavy atom. The van der Waals surface area contributed by atoms with Crippen molar-refractivity contribution in [3.05, 3.63) is 71.3 Å². The van der Waals surface area contributed by atoms with Gasteiger partial charge in [-0.3, -0.25) is 9.59 Å². The van der Waals surface area contributed by atoms with Gasteiger partial charge >= 0.3 is 0 Å². The van der Waals surface area contributed by atoms with Crippen LogP contribution in [0.1, 0.15) is 26.3 Å². The van der Waals surface area contributed by atoms with Gasteiger partial charge in [-0.2, -0.15) is 0 Å². The van der Waals surface area contributed by atoms with Crippen molar-refractivity contribution in [1.82, 2.24) is 4.31 Å². The lowest BCUT2D eigenvalue weighted by atomic mass is 10.1. The number of fused-ring (bicyclic) bond motifs is 1. The quantitative estimate of drug-likeness (QED) is 0.634. The van der Waals surface area contributed by atoms with E-state index in [0.29, 0.717) is 16.9 Å². The maximum absolute atomic E-state index is 12.1. The standard InChI is InChI=1S/C15H11NO2S/c17-14-12-8-4-5-9-13(12)15(18)16(14)19-10-11-6-2-1-3-7-11/h1-9H,10H2. The van der Waals surface area contributed by atoms with Crippen LogP contribution >= 0.6 is 11.9 Å². The first-order valence-corrected chi connectivity index (χ1v) is 6.86. The molecule has 1 aliphatic heterocycles. The lowest BCUT2D eigenvalue weighted by Crippen LogP contribution is -2.22. The first-order valence-electron chi connectivity index (χ1n) is 5.92. The van der Waals surface area contributed by atoms with E-state index in [1.165, 1.54) is 16.3 Å². The Bertz CT molecular complexity index is 605. The van der Waals surface area contributed by atoms with Crippen molar-refractivity contribution in [2.45, 2.75) is 5.75 Å². The van der Waals surface area contributed by atoms with Crippen molar-refractivity contribution >= 4 is 23.8 Å². The van der Waals surface area contributed by atoms with Crippen LogP contribution in [0.15, 0.2) is 54.6 Å². The zero-order valence-corrected chi connectivity index (χ0v) is 10.9. The van der Waals surface area contributed by atoms with Crippen molar-refractivity contribution in [2.24, 2.45) is 0 Å². The Balaban J connectivity index is 1.78. The first-order chi connectivity index (χ1) is 9.27. The first kappa shape index (κ1) is 12.0. The summed E-state index contributed by atoms with van der Waals surface area (Å²) in [6, 6.07) is 16.7. The molecule has 1 heterocycles. The van der Waals surface area contributed by atoms with E-state index in [1.807, 2.05) is 30.3 Å². The van der Waals surface area contributed by atoms with Crippen LogP contribution in [0, 0.1) is 0 Å². The SMILES string of the molecule is O=C1c2ccccc2C(=O)N1SCc1ccccc1. The predicted molar refractivity (Wildman–Crippen MR) is 74.7 cm³/mol. The molecule has 0 aromatic heterocycles. The zero-order chi connectivity index (χ0) is 13.2. The fraction of sp³-hybridized carbons (Fsp3) is 0.0667. The highest BCUT2D eigenvalue weighted by atomic mass is 32.2. The van der Waals surface area contributed by atoms with Gasteiger partial charge in [0.25, 0.3) is 11.8 Å². The van der Waals surface area contributed by atoms with Crippen LogP contribution in [0.4, 0.5) is 0 Å². The van der Waals surface area contributed by atoms with E-state index >= 15 is 0 Å². The highest BCUT2D eigenvalue weighted by Crippen LogP contribution is 2.29. The van der Waals surface area contributed by atoms with Crippen LogP contribution in [-0.2, 0) is 5.75 Å². The minimum Gasteiger partial charge on any atom is -0.268 e. The van der Waals surface area contributed by atoms with E-state index in [1.54, 1.807) is 24.3 Å². The van der Waals surface area contributed by atoms with Gasteiger partial charge in [0.1, 0.15) is 0 Å². The minimum absolute atomic E-state index is 0.221. The second-order valence-corrected chi connectivity index (χ2v) is 5.12. The van der Waals surface area contributed by atoms with Gasteiger partial charge in [0.15, 0.2) is 0 Å². The average Bonchev–Trinajstić information content (AvgIpc) is 2.71. The van der Waals surface area contributed by atoms with E-state index in [9.17, 15) is 9.59 Å². The number of imide groups is 1. The monoisotopic (exact) mass is 269 g/mol. The Labute approximate surface area is 115 Å². The summed E-state index contributed by atoms with van der Waals surface area (Å²) in [6.45, 7) is 0. The number of carbonyl (C=O) groups excluding carboxylic acids is 2. The van der Waals surface area contributed by atoms with E-state index in [-0.39, 0.29) is 11.8 Å². The Kier molecular flexibility index (Phi) is 3.09. The predicted octanol–water partition coefficient (Wildman–Crippen LogP) is 3.13. The molecule has 0 saturated carbocycles. The molecule has 2 aromatic rings. The third-order valence-electron chi connectivity index (χ3n) is 2.96. The van der Waals surface area contributed by atoms with Gasteiger partial charge in [0.2, 0.25) is 0 Å². The lowest BCUT2D eigenvalue weighted by Gasteiger charge is -2.11. The molecule has 0 radical (unpaired) electrons. The molecule has 2 amide bonds. The van der Waals surface area contributed by atoms with Gasteiger partial charge in [-0.05, 0) is 29.6 Å². The molecule has 0 saturated heterocycles. The number of hydrogen-bond donors (Lipinski definition) is 0. The number of amides is 2. The molecule has 0 bridgehead atoms. The highest BCUT2D eigenvalue weighted by Gasteiger charge is 2.35. The molecule has 0 fully saturated rings. The summed E-state index contributed by atoms with van der Waals surface area (Å²) in [5, 5.41) is 0. The number of hydrogen-bond acceptors (Lipinski definition) is 3. The number of nitrogens with zero attached hydrogens (tertiary/aromatic N) is 1. The summed E-state index contributed by atoms with van der Waals surface area (Å²) in [6.07, 6.45) is 0. The molecular weight excluding hydrogens is 258 g/mol. The fourth-order valence-corrected chi connectivity index (χ4v) is 2.90. The third-order valence-corrected chi connectivity index (χ3v) is 4.01. The van der Waals surface area contributed by atoms with Crippen LogP contribution in [0.2, 0.25) is 0 Å². The number of carbonyl (C=O) groups is 2. The number of rotatable bonds is 3.